The first kappa shape index (κ1) is 18.7. The number of nitrogens with one attached hydrogen (secondary N) is 2. The Bertz CT molecular complexity index is 841. The fourth-order valence-corrected chi connectivity index (χ4v) is 3.29. The zero-order valence-electron chi connectivity index (χ0n) is 12.3. The number of phenols is 1. The molecule has 6 nitrogen and oxygen atoms in total. The summed E-state index contributed by atoms with van der Waals surface area (Å²) in [7, 11) is -3.68. The van der Waals surface area contributed by atoms with Crippen LogP contribution in [0.2, 0.25) is 5.02 Å². The van der Waals surface area contributed by atoms with Gasteiger partial charge in [-0.05, 0) is 42.5 Å². The summed E-state index contributed by atoms with van der Waals surface area (Å²) in [5.41, 5.74) is 0.170. The van der Waals surface area contributed by atoms with Crippen molar-refractivity contribution in [1.29, 1.82) is 0 Å². The molecule has 0 aliphatic carbocycles. The third kappa shape index (κ3) is 5.20. The average Bonchev–Trinajstić information content (AvgIpc) is 2.51. The predicted octanol–water partition coefficient (Wildman–Crippen LogP) is 3.12. The minimum atomic E-state index is -3.68. The van der Waals surface area contributed by atoms with Crippen molar-refractivity contribution < 1.29 is 18.3 Å². The van der Waals surface area contributed by atoms with Crippen LogP contribution >= 0.6 is 27.5 Å². The average molecular weight is 434 g/mol. The SMILES string of the molecule is O=C(CCNS(=O)(=O)c1ccc(Br)cc1)Nc1cc(Cl)ccc1O. The Kier molecular flexibility index (Phi) is 6.22. The summed E-state index contributed by atoms with van der Waals surface area (Å²) in [6, 6.07) is 10.4. The van der Waals surface area contributed by atoms with Gasteiger partial charge in [0.15, 0.2) is 0 Å². The molecule has 2 aromatic rings. The van der Waals surface area contributed by atoms with E-state index in [1.54, 1.807) is 12.1 Å². The van der Waals surface area contributed by atoms with Crippen LogP contribution in [-0.4, -0.2) is 26.0 Å². The first-order valence-electron chi connectivity index (χ1n) is 6.81. The Morgan fingerprint density at radius 3 is 2.50 bits per heavy atom. The van der Waals surface area contributed by atoms with Crippen molar-refractivity contribution in [3.8, 4) is 5.75 Å². The van der Waals surface area contributed by atoms with Gasteiger partial charge in [-0.25, -0.2) is 13.1 Å². The molecule has 0 atom stereocenters. The minimum absolute atomic E-state index is 0.0778. The van der Waals surface area contributed by atoms with E-state index in [2.05, 4.69) is 26.0 Å². The molecule has 0 heterocycles. The summed E-state index contributed by atoms with van der Waals surface area (Å²) in [6.45, 7) is -0.0778. The van der Waals surface area contributed by atoms with Crippen molar-refractivity contribution in [3.63, 3.8) is 0 Å². The number of amides is 1. The molecule has 2 aromatic carbocycles. The summed E-state index contributed by atoms with van der Waals surface area (Å²) >= 11 is 9.01. The number of aromatic hydroxyl groups is 1. The second-order valence-electron chi connectivity index (χ2n) is 4.81. The Hall–Kier alpha value is -1.61. The van der Waals surface area contributed by atoms with Crippen molar-refractivity contribution in [2.75, 3.05) is 11.9 Å². The van der Waals surface area contributed by atoms with E-state index in [1.165, 1.54) is 30.3 Å². The van der Waals surface area contributed by atoms with E-state index >= 15 is 0 Å². The third-order valence-electron chi connectivity index (χ3n) is 3.00. The summed E-state index contributed by atoms with van der Waals surface area (Å²) in [5, 5.41) is 12.5. The van der Waals surface area contributed by atoms with E-state index in [4.69, 9.17) is 11.6 Å². The lowest BCUT2D eigenvalue weighted by Crippen LogP contribution is -2.27. The Balaban J connectivity index is 1.90. The summed E-state index contributed by atoms with van der Waals surface area (Å²) in [5.74, 6) is -0.575. The first-order valence-corrected chi connectivity index (χ1v) is 9.47. The second kappa shape index (κ2) is 7.98. The van der Waals surface area contributed by atoms with Crippen LogP contribution in [0.25, 0.3) is 0 Å². The Morgan fingerprint density at radius 1 is 1.17 bits per heavy atom. The van der Waals surface area contributed by atoms with E-state index in [-0.39, 0.29) is 29.3 Å². The number of phenolic OH excluding ortho intramolecular Hbond substituents is 1. The van der Waals surface area contributed by atoms with E-state index in [9.17, 15) is 18.3 Å². The largest absolute Gasteiger partial charge is 0.506 e. The number of halogens is 2. The quantitative estimate of drug-likeness (QED) is 0.610. The molecule has 0 saturated heterocycles. The molecule has 0 aromatic heterocycles. The molecule has 9 heteroatoms. The highest BCUT2D eigenvalue weighted by molar-refractivity contribution is 9.10. The Labute approximate surface area is 153 Å². The van der Waals surface area contributed by atoms with E-state index in [1.807, 2.05) is 0 Å². The fraction of sp³-hybridized carbons (Fsp3) is 0.133. The number of anilines is 1. The maximum Gasteiger partial charge on any atom is 0.240 e. The lowest BCUT2D eigenvalue weighted by Gasteiger charge is -2.09. The fourth-order valence-electron chi connectivity index (χ4n) is 1.82. The molecule has 0 spiro atoms. The van der Waals surface area contributed by atoms with Crippen LogP contribution in [0.15, 0.2) is 51.8 Å². The van der Waals surface area contributed by atoms with Crippen molar-refractivity contribution in [3.05, 3.63) is 52.0 Å². The lowest BCUT2D eigenvalue weighted by molar-refractivity contribution is -0.116. The molecule has 3 N–H and O–H groups in total. The van der Waals surface area contributed by atoms with Gasteiger partial charge in [0.2, 0.25) is 15.9 Å². The van der Waals surface area contributed by atoms with Crippen molar-refractivity contribution in [2.24, 2.45) is 0 Å². The highest BCUT2D eigenvalue weighted by Crippen LogP contribution is 2.26. The molecular weight excluding hydrogens is 420 g/mol. The summed E-state index contributed by atoms with van der Waals surface area (Å²) in [6.07, 6.45) is -0.0955. The molecule has 2 rings (SSSR count). The van der Waals surface area contributed by atoms with Gasteiger partial charge in [0.05, 0.1) is 10.6 Å². The van der Waals surface area contributed by atoms with Crippen LogP contribution in [0.1, 0.15) is 6.42 Å². The predicted molar refractivity (Wildman–Crippen MR) is 95.7 cm³/mol. The third-order valence-corrected chi connectivity index (χ3v) is 5.24. The smallest absolute Gasteiger partial charge is 0.240 e. The molecule has 1 amide bonds. The van der Waals surface area contributed by atoms with Crippen LogP contribution in [-0.2, 0) is 14.8 Å². The number of hydrogen-bond acceptors (Lipinski definition) is 4. The van der Waals surface area contributed by atoms with E-state index < -0.39 is 15.9 Å². The monoisotopic (exact) mass is 432 g/mol. The molecule has 0 aliphatic heterocycles. The molecule has 24 heavy (non-hydrogen) atoms. The van der Waals surface area contributed by atoms with Gasteiger partial charge in [0, 0.05) is 22.5 Å². The summed E-state index contributed by atoms with van der Waals surface area (Å²) < 4.78 is 27.2. The molecule has 0 aliphatic rings. The lowest BCUT2D eigenvalue weighted by atomic mass is 10.3. The van der Waals surface area contributed by atoms with Gasteiger partial charge >= 0.3 is 0 Å². The van der Waals surface area contributed by atoms with E-state index in [0.717, 1.165) is 4.47 Å². The topological polar surface area (TPSA) is 95.5 Å². The molecule has 0 fully saturated rings. The Morgan fingerprint density at radius 2 is 1.83 bits per heavy atom. The molecule has 0 bridgehead atoms. The van der Waals surface area contributed by atoms with Gasteiger partial charge in [-0.1, -0.05) is 27.5 Å². The van der Waals surface area contributed by atoms with Crippen LogP contribution in [0.3, 0.4) is 0 Å². The zero-order chi connectivity index (χ0) is 17.7. The normalized spacial score (nSPS) is 11.2. The van der Waals surface area contributed by atoms with Crippen LogP contribution in [0, 0.1) is 0 Å². The number of carbonyl (C=O) groups excluding carboxylic acids is 1. The molecular formula is C15H14BrClN2O4S. The minimum Gasteiger partial charge on any atom is -0.506 e. The first-order chi connectivity index (χ1) is 11.3. The van der Waals surface area contributed by atoms with Gasteiger partial charge in [0.1, 0.15) is 5.75 Å². The van der Waals surface area contributed by atoms with Crippen LogP contribution in [0.5, 0.6) is 5.75 Å². The van der Waals surface area contributed by atoms with Gasteiger partial charge in [-0.2, -0.15) is 0 Å². The number of carbonyl (C=O) groups is 1. The van der Waals surface area contributed by atoms with Crippen LogP contribution < -0.4 is 10.0 Å². The number of rotatable bonds is 6. The standard InChI is InChI=1S/C15H14BrClN2O4S/c16-10-1-4-12(5-2-10)24(22,23)18-8-7-15(21)19-13-9-11(17)3-6-14(13)20/h1-6,9,18,20H,7-8H2,(H,19,21). The van der Waals surface area contributed by atoms with Crippen molar-refractivity contribution in [2.45, 2.75) is 11.3 Å². The van der Waals surface area contributed by atoms with Gasteiger partial charge < -0.3 is 10.4 Å². The van der Waals surface area contributed by atoms with E-state index in [0.29, 0.717) is 5.02 Å². The van der Waals surface area contributed by atoms with Crippen molar-refractivity contribution >= 4 is 49.1 Å². The van der Waals surface area contributed by atoms with Gasteiger partial charge in [0.25, 0.3) is 0 Å². The highest BCUT2D eigenvalue weighted by atomic mass is 79.9. The van der Waals surface area contributed by atoms with Crippen LogP contribution in [0.4, 0.5) is 5.69 Å². The maximum atomic E-state index is 12.1. The van der Waals surface area contributed by atoms with Gasteiger partial charge in [-0.15, -0.1) is 0 Å². The molecule has 0 unspecified atom stereocenters. The second-order valence-corrected chi connectivity index (χ2v) is 7.93. The molecule has 128 valence electrons. The number of hydrogen-bond donors (Lipinski definition) is 3. The zero-order valence-corrected chi connectivity index (χ0v) is 15.5. The van der Waals surface area contributed by atoms with Gasteiger partial charge in [-0.3, -0.25) is 4.79 Å². The number of benzene rings is 2. The highest BCUT2D eigenvalue weighted by Gasteiger charge is 2.14. The molecule has 0 radical (unpaired) electrons. The maximum absolute atomic E-state index is 12.1. The molecule has 0 saturated carbocycles. The number of sulfonamides is 1. The summed E-state index contributed by atoms with van der Waals surface area (Å²) in [4.78, 5) is 11.9. The van der Waals surface area contributed by atoms with Crippen molar-refractivity contribution in [1.82, 2.24) is 4.72 Å².